The van der Waals surface area contributed by atoms with Gasteiger partial charge < -0.3 is 15.0 Å². The summed E-state index contributed by atoms with van der Waals surface area (Å²) in [5.41, 5.74) is 1.30. The van der Waals surface area contributed by atoms with Crippen LogP contribution in [-0.4, -0.2) is 39.2 Å². The Kier molecular flexibility index (Phi) is 6.89. The molecule has 0 heterocycles. The molecule has 0 aliphatic rings. The summed E-state index contributed by atoms with van der Waals surface area (Å²) in [5.74, 6) is 2.31. The molecule has 1 aromatic carbocycles. The van der Waals surface area contributed by atoms with E-state index < -0.39 is 0 Å². The van der Waals surface area contributed by atoms with Gasteiger partial charge in [-0.15, -0.1) is 0 Å². The standard InChI is InChI=1S/C16H28N2O/c1-13(2)15(10-17-3)12-18(4)11-14-7-6-8-16(9-14)19-5/h6-9,13,15,17H,10-12H2,1-5H3. The maximum absolute atomic E-state index is 5.27. The fourth-order valence-electron chi connectivity index (χ4n) is 2.32. The molecule has 3 heteroatoms. The summed E-state index contributed by atoms with van der Waals surface area (Å²) in [4.78, 5) is 2.39. The van der Waals surface area contributed by atoms with E-state index in [0.29, 0.717) is 11.8 Å². The van der Waals surface area contributed by atoms with E-state index >= 15 is 0 Å². The van der Waals surface area contributed by atoms with E-state index in [0.717, 1.165) is 25.4 Å². The molecule has 0 aromatic heterocycles. The highest BCUT2D eigenvalue weighted by Crippen LogP contribution is 2.16. The first kappa shape index (κ1) is 16.0. The topological polar surface area (TPSA) is 24.5 Å². The maximum Gasteiger partial charge on any atom is 0.119 e. The zero-order valence-electron chi connectivity index (χ0n) is 12.9. The summed E-state index contributed by atoms with van der Waals surface area (Å²) < 4.78 is 5.27. The number of hydrogen-bond donors (Lipinski definition) is 1. The number of ether oxygens (including phenoxy) is 1. The van der Waals surface area contributed by atoms with Crippen LogP contribution >= 0.6 is 0 Å². The minimum absolute atomic E-state index is 0.681. The molecule has 0 radical (unpaired) electrons. The molecule has 0 spiro atoms. The predicted molar refractivity (Wildman–Crippen MR) is 81.6 cm³/mol. The highest BCUT2D eigenvalue weighted by atomic mass is 16.5. The first-order valence-electron chi connectivity index (χ1n) is 7.03. The average molecular weight is 264 g/mol. The van der Waals surface area contributed by atoms with Crippen molar-refractivity contribution in [3.05, 3.63) is 29.8 Å². The van der Waals surface area contributed by atoms with Crippen molar-refractivity contribution in [1.82, 2.24) is 10.2 Å². The molecule has 0 aliphatic carbocycles. The van der Waals surface area contributed by atoms with Gasteiger partial charge >= 0.3 is 0 Å². The normalized spacial score (nSPS) is 13.0. The highest BCUT2D eigenvalue weighted by Gasteiger charge is 2.15. The third-order valence-electron chi connectivity index (χ3n) is 3.54. The second kappa shape index (κ2) is 8.18. The number of nitrogens with zero attached hydrogens (tertiary/aromatic N) is 1. The Labute approximate surface area is 118 Å². The van der Waals surface area contributed by atoms with Crippen molar-refractivity contribution in [2.75, 3.05) is 34.3 Å². The van der Waals surface area contributed by atoms with E-state index in [1.165, 1.54) is 5.56 Å². The van der Waals surface area contributed by atoms with Gasteiger partial charge in [0.25, 0.3) is 0 Å². The van der Waals surface area contributed by atoms with E-state index in [1.807, 2.05) is 13.1 Å². The first-order valence-corrected chi connectivity index (χ1v) is 7.03. The van der Waals surface area contributed by atoms with Crippen molar-refractivity contribution < 1.29 is 4.74 Å². The van der Waals surface area contributed by atoms with Crippen LogP contribution in [0.3, 0.4) is 0 Å². The van der Waals surface area contributed by atoms with Crippen LogP contribution in [0.4, 0.5) is 0 Å². The van der Waals surface area contributed by atoms with Gasteiger partial charge in [-0.3, -0.25) is 0 Å². The van der Waals surface area contributed by atoms with Crippen LogP contribution in [0.1, 0.15) is 19.4 Å². The maximum atomic E-state index is 5.27. The van der Waals surface area contributed by atoms with Crippen molar-refractivity contribution in [3.8, 4) is 5.75 Å². The predicted octanol–water partition coefficient (Wildman–Crippen LogP) is 2.62. The number of nitrogens with one attached hydrogen (secondary N) is 1. The fraction of sp³-hybridized carbons (Fsp3) is 0.625. The second-order valence-electron chi connectivity index (χ2n) is 5.61. The molecule has 1 atom stereocenters. The summed E-state index contributed by atoms with van der Waals surface area (Å²) >= 11 is 0. The van der Waals surface area contributed by atoms with Crippen LogP contribution in [0.25, 0.3) is 0 Å². The van der Waals surface area contributed by atoms with Crippen molar-refractivity contribution in [2.24, 2.45) is 11.8 Å². The van der Waals surface area contributed by atoms with Gasteiger partial charge in [0.15, 0.2) is 0 Å². The molecular formula is C16H28N2O. The Balaban J connectivity index is 2.55. The average Bonchev–Trinajstić information content (AvgIpc) is 2.38. The molecule has 0 amide bonds. The van der Waals surface area contributed by atoms with E-state index in [2.05, 4.69) is 49.3 Å². The molecule has 0 aliphatic heterocycles. The lowest BCUT2D eigenvalue weighted by molar-refractivity contribution is 0.227. The van der Waals surface area contributed by atoms with Crippen molar-refractivity contribution in [1.29, 1.82) is 0 Å². The van der Waals surface area contributed by atoms with Crippen molar-refractivity contribution in [2.45, 2.75) is 20.4 Å². The highest BCUT2D eigenvalue weighted by molar-refractivity contribution is 5.28. The van der Waals surface area contributed by atoms with Gasteiger partial charge in [-0.25, -0.2) is 0 Å². The molecule has 3 nitrogen and oxygen atoms in total. The lowest BCUT2D eigenvalue weighted by atomic mass is 9.95. The summed E-state index contributed by atoms with van der Waals surface area (Å²) in [6.45, 7) is 7.72. The quantitative estimate of drug-likeness (QED) is 0.781. The van der Waals surface area contributed by atoms with Gasteiger partial charge in [-0.2, -0.15) is 0 Å². The van der Waals surface area contributed by atoms with Gasteiger partial charge in [0.2, 0.25) is 0 Å². The van der Waals surface area contributed by atoms with E-state index in [4.69, 9.17) is 4.74 Å². The van der Waals surface area contributed by atoms with Crippen LogP contribution < -0.4 is 10.1 Å². The third-order valence-corrected chi connectivity index (χ3v) is 3.54. The number of benzene rings is 1. The lowest BCUT2D eigenvalue weighted by Crippen LogP contribution is -2.34. The Morgan fingerprint density at radius 1 is 1.32 bits per heavy atom. The molecule has 1 aromatic rings. The number of rotatable bonds is 8. The molecular weight excluding hydrogens is 236 g/mol. The largest absolute Gasteiger partial charge is 0.497 e. The molecule has 19 heavy (non-hydrogen) atoms. The van der Waals surface area contributed by atoms with Crippen LogP contribution in [0.15, 0.2) is 24.3 Å². The van der Waals surface area contributed by atoms with Crippen LogP contribution in [-0.2, 0) is 6.54 Å². The summed E-state index contributed by atoms with van der Waals surface area (Å²) in [6, 6.07) is 8.30. The van der Waals surface area contributed by atoms with Gasteiger partial charge in [0, 0.05) is 13.1 Å². The molecule has 0 saturated carbocycles. The van der Waals surface area contributed by atoms with Crippen molar-refractivity contribution in [3.63, 3.8) is 0 Å². The molecule has 0 fully saturated rings. The summed E-state index contributed by atoms with van der Waals surface area (Å²) in [5, 5.41) is 3.29. The van der Waals surface area contributed by atoms with E-state index in [-0.39, 0.29) is 0 Å². The van der Waals surface area contributed by atoms with Crippen LogP contribution in [0.2, 0.25) is 0 Å². The van der Waals surface area contributed by atoms with E-state index in [1.54, 1.807) is 7.11 Å². The first-order chi connectivity index (χ1) is 9.06. The van der Waals surface area contributed by atoms with E-state index in [9.17, 15) is 0 Å². The Bertz CT molecular complexity index is 366. The molecule has 108 valence electrons. The van der Waals surface area contributed by atoms with Gasteiger partial charge in [0.1, 0.15) is 5.75 Å². The van der Waals surface area contributed by atoms with Gasteiger partial charge in [-0.1, -0.05) is 26.0 Å². The lowest BCUT2D eigenvalue weighted by Gasteiger charge is -2.26. The smallest absolute Gasteiger partial charge is 0.119 e. The Morgan fingerprint density at radius 3 is 2.63 bits per heavy atom. The molecule has 1 unspecified atom stereocenters. The molecule has 0 saturated heterocycles. The summed E-state index contributed by atoms with van der Waals surface area (Å²) in [7, 11) is 5.92. The number of hydrogen-bond acceptors (Lipinski definition) is 3. The summed E-state index contributed by atoms with van der Waals surface area (Å²) in [6.07, 6.45) is 0. The second-order valence-corrected chi connectivity index (χ2v) is 5.61. The molecule has 0 bridgehead atoms. The Hall–Kier alpha value is -1.06. The van der Waals surface area contributed by atoms with Crippen molar-refractivity contribution >= 4 is 0 Å². The van der Waals surface area contributed by atoms with Crippen LogP contribution in [0.5, 0.6) is 5.75 Å². The zero-order chi connectivity index (χ0) is 14.3. The minimum atomic E-state index is 0.681. The SMILES string of the molecule is CNCC(CN(C)Cc1cccc(OC)c1)C(C)C. The third kappa shape index (κ3) is 5.62. The minimum Gasteiger partial charge on any atom is -0.497 e. The molecule has 1 N–H and O–H groups in total. The molecule has 1 rings (SSSR count). The van der Waals surface area contributed by atoms with Crippen LogP contribution in [0, 0.1) is 11.8 Å². The number of methoxy groups -OCH3 is 1. The fourth-order valence-corrected chi connectivity index (χ4v) is 2.32. The zero-order valence-corrected chi connectivity index (χ0v) is 12.9. The van der Waals surface area contributed by atoms with Gasteiger partial charge in [-0.05, 0) is 50.2 Å². The van der Waals surface area contributed by atoms with Gasteiger partial charge in [0.05, 0.1) is 7.11 Å². The Morgan fingerprint density at radius 2 is 2.05 bits per heavy atom. The monoisotopic (exact) mass is 264 g/mol.